The van der Waals surface area contributed by atoms with Gasteiger partial charge in [0, 0.05) is 39.5 Å². The normalized spacial score (nSPS) is 15.2. The number of nitrogens with one attached hydrogen (secondary N) is 1. The Morgan fingerprint density at radius 1 is 1.56 bits per heavy atom. The molecule has 3 nitrogen and oxygen atoms in total. The summed E-state index contributed by atoms with van der Waals surface area (Å²) in [6.45, 7) is 1.86. The van der Waals surface area contributed by atoms with E-state index in [1.807, 2.05) is 0 Å². The first-order valence-corrected chi connectivity index (χ1v) is 7.42. The minimum atomic E-state index is -4.48. The third-order valence-corrected chi connectivity index (χ3v) is 4.02. The van der Waals surface area contributed by atoms with Gasteiger partial charge in [-0.1, -0.05) is 0 Å². The highest BCUT2D eigenvalue weighted by atomic mass is 79.9. The monoisotopic (exact) mass is 344 g/mol. The van der Waals surface area contributed by atoms with E-state index in [0.29, 0.717) is 0 Å². The average Bonchev–Trinajstić information content (AvgIpc) is 2.25. The summed E-state index contributed by atoms with van der Waals surface area (Å²) in [4.78, 5) is 3.70. The lowest BCUT2D eigenvalue weighted by Gasteiger charge is -2.15. The molecule has 0 aliphatic carbocycles. The summed E-state index contributed by atoms with van der Waals surface area (Å²) >= 11 is 2.95. The van der Waals surface area contributed by atoms with E-state index in [1.165, 1.54) is 12.5 Å². The van der Waals surface area contributed by atoms with Gasteiger partial charge in [-0.2, -0.15) is 13.2 Å². The number of hydrogen-bond acceptors (Lipinski definition) is 3. The van der Waals surface area contributed by atoms with Crippen LogP contribution in [0.1, 0.15) is 12.5 Å². The molecule has 0 bridgehead atoms. The van der Waals surface area contributed by atoms with Crippen LogP contribution in [-0.2, 0) is 17.0 Å². The molecule has 0 saturated heterocycles. The summed E-state index contributed by atoms with van der Waals surface area (Å²) < 4.78 is 49.6. The summed E-state index contributed by atoms with van der Waals surface area (Å²) in [5.74, 6) is -0.247. The summed E-state index contributed by atoms with van der Waals surface area (Å²) in [7, 11) is -1.10. The van der Waals surface area contributed by atoms with Crippen molar-refractivity contribution in [2.75, 3.05) is 18.1 Å². The Hall–Kier alpha value is -0.630. The number of hydrogen-bond donors (Lipinski definition) is 1. The van der Waals surface area contributed by atoms with E-state index < -0.39 is 22.5 Å². The molecule has 0 aromatic carbocycles. The van der Waals surface area contributed by atoms with Crippen LogP contribution in [0, 0.1) is 0 Å². The predicted octanol–water partition coefficient (Wildman–Crippen LogP) is 3.04. The fourth-order valence-corrected chi connectivity index (χ4v) is 1.80. The topological polar surface area (TPSA) is 42.0 Å². The van der Waals surface area contributed by atoms with Crippen LogP contribution in [0.2, 0.25) is 0 Å². The largest absolute Gasteiger partial charge is 0.419 e. The van der Waals surface area contributed by atoms with Crippen LogP contribution < -0.4 is 5.32 Å². The van der Waals surface area contributed by atoms with Crippen LogP contribution in [0.3, 0.4) is 0 Å². The minimum Gasteiger partial charge on any atom is -0.368 e. The number of halogens is 4. The second kappa shape index (κ2) is 6.01. The van der Waals surface area contributed by atoms with Crippen LogP contribution in [0.4, 0.5) is 19.0 Å². The first-order chi connectivity index (χ1) is 8.21. The maximum absolute atomic E-state index is 12.8. The predicted molar refractivity (Wildman–Crippen MR) is 69.0 cm³/mol. The molecule has 1 aromatic rings. The van der Waals surface area contributed by atoms with Crippen molar-refractivity contribution in [1.29, 1.82) is 0 Å². The second-order valence-corrected chi connectivity index (χ2v) is 6.46. The van der Waals surface area contributed by atoms with Gasteiger partial charge in [-0.25, -0.2) is 4.98 Å². The molecular weight excluding hydrogens is 333 g/mol. The van der Waals surface area contributed by atoms with Crippen LogP contribution >= 0.6 is 15.9 Å². The number of alkyl halides is 3. The van der Waals surface area contributed by atoms with Crippen LogP contribution in [0.15, 0.2) is 16.7 Å². The molecule has 0 aliphatic heterocycles. The maximum Gasteiger partial charge on any atom is 0.419 e. The van der Waals surface area contributed by atoms with Gasteiger partial charge in [-0.3, -0.25) is 4.21 Å². The molecule has 8 heteroatoms. The fourth-order valence-electron chi connectivity index (χ4n) is 1.15. The third-order valence-electron chi connectivity index (χ3n) is 2.28. The molecule has 0 fully saturated rings. The van der Waals surface area contributed by atoms with Crippen LogP contribution in [0.25, 0.3) is 0 Å². The average molecular weight is 345 g/mol. The lowest BCUT2D eigenvalue weighted by molar-refractivity contribution is -0.137. The van der Waals surface area contributed by atoms with Crippen molar-refractivity contribution in [3.63, 3.8) is 0 Å². The number of anilines is 1. The highest BCUT2D eigenvalue weighted by Crippen LogP contribution is 2.35. The lowest BCUT2D eigenvalue weighted by atomic mass is 10.2. The first kappa shape index (κ1) is 15.4. The molecule has 2 unspecified atom stereocenters. The summed E-state index contributed by atoms with van der Waals surface area (Å²) in [5, 5.41) is 2.33. The van der Waals surface area contributed by atoms with Crippen LogP contribution in [0.5, 0.6) is 0 Å². The Labute approximate surface area is 114 Å². The van der Waals surface area contributed by atoms with E-state index in [1.54, 1.807) is 6.92 Å². The molecule has 1 N–H and O–H groups in total. The van der Waals surface area contributed by atoms with Gasteiger partial charge in [0.05, 0.1) is 5.56 Å². The molecule has 1 rings (SSSR count). The number of nitrogens with zero attached hydrogens (tertiary/aromatic N) is 1. The van der Waals surface area contributed by atoms with Gasteiger partial charge >= 0.3 is 6.18 Å². The molecule has 1 heterocycles. The Balaban J connectivity index is 2.92. The Morgan fingerprint density at radius 3 is 2.67 bits per heavy atom. The van der Waals surface area contributed by atoms with Gasteiger partial charge in [-0.05, 0) is 28.9 Å². The van der Waals surface area contributed by atoms with E-state index in [9.17, 15) is 17.4 Å². The molecule has 0 aliphatic rings. The minimum absolute atomic E-state index is 0.167. The quantitative estimate of drug-likeness (QED) is 0.912. The number of pyridine rings is 1. The highest BCUT2D eigenvalue weighted by molar-refractivity contribution is 9.10. The molecule has 0 radical (unpaired) electrons. The summed E-state index contributed by atoms with van der Waals surface area (Å²) in [5.41, 5.74) is -0.842. The first-order valence-electron chi connectivity index (χ1n) is 5.00. The van der Waals surface area contributed by atoms with E-state index in [2.05, 4.69) is 26.2 Å². The molecule has 0 spiro atoms. The van der Waals surface area contributed by atoms with E-state index >= 15 is 0 Å². The van der Waals surface area contributed by atoms with Crippen molar-refractivity contribution < 1.29 is 17.4 Å². The zero-order valence-corrected chi connectivity index (χ0v) is 12.1. The second-order valence-electron chi connectivity index (χ2n) is 3.74. The highest BCUT2D eigenvalue weighted by Gasteiger charge is 2.34. The molecule has 102 valence electrons. The van der Waals surface area contributed by atoms with Gasteiger partial charge in [0.25, 0.3) is 0 Å². The molecule has 1 aromatic heterocycles. The van der Waals surface area contributed by atoms with E-state index in [4.69, 9.17) is 0 Å². The van der Waals surface area contributed by atoms with Crippen molar-refractivity contribution in [2.24, 2.45) is 0 Å². The molecule has 2 atom stereocenters. The van der Waals surface area contributed by atoms with Crippen molar-refractivity contribution >= 4 is 32.5 Å². The summed E-state index contributed by atoms with van der Waals surface area (Å²) in [6.07, 6.45) is -1.69. The molecule has 18 heavy (non-hydrogen) atoms. The van der Waals surface area contributed by atoms with Crippen molar-refractivity contribution in [2.45, 2.75) is 18.3 Å². The molecular formula is C10H12BrF3N2OS. The van der Waals surface area contributed by atoms with Gasteiger partial charge in [0.2, 0.25) is 0 Å². The Morgan fingerprint density at radius 2 is 2.17 bits per heavy atom. The number of rotatable bonds is 4. The van der Waals surface area contributed by atoms with E-state index in [0.717, 1.165) is 6.07 Å². The number of aromatic nitrogens is 1. The van der Waals surface area contributed by atoms with E-state index in [-0.39, 0.29) is 22.1 Å². The van der Waals surface area contributed by atoms with Gasteiger partial charge in [-0.15, -0.1) is 0 Å². The summed E-state index contributed by atoms with van der Waals surface area (Å²) in [6, 6.07) is 0.961. The van der Waals surface area contributed by atoms with Crippen molar-refractivity contribution in [1.82, 2.24) is 4.98 Å². The molecule has 0 saturated carbocycles. The standard InChI is InChI=1S/C10H12BrF3N2OS/c1-6(18(2)17)4-15-9-8(10(12,13)14)3-7(11)5-16-9/h3,5-6H,4H2,1-2H3,(H,15,16). The van der Waals surface area contributed by atoms with Gasteiger partial charge in [0.15, 0.2) is 0 Å². The van der Waals surface area contributed by atoms with Gasteiger partial charge in [0.1, 0.15) is 5.82 Å². The Kier molecular flexibility index (Phi) is 5.15. The van der Waals surface area contributed by atoms with Crippen molar-refractivity contribution in [3.8, 4) is 0 Å². The van der Waals surface area contributed by atoms with Crippen LogP contribution in [-0.4, -0.2) is 27.2 Å². The zero-order valence-electron chi connectivity index (χ0n) is 9.71. The van der Waals surface area contributed by atoms with Gasteiger partial charge < -0.3 is 5.32 Å². The Bertz CT molecular complexity index is 453. The molecule has 0 amide bonds. The SMILES string of the molecule is CC(CNc1ncc(Br)cc1C(F)(F)F)S(C)=O. The fraction of sp³-hybridized carbons (Fsp3) is 0.500. The van der Waals surface area contributed by atoms with Crippen molar-refractivity contribution in [3.05, 3.63) is 22.3 Å². The maximum atomic E-state index is 12.8. The zero-order chi connectivity index (χ0) is 13.9. The smallest absolute Gasteiger partial charge is 0.368 e. The lowest BCUT2D eigenvalue weighted by Crippen LogP contribution is -2.23. The third kappa shape index (κ3) is 4.24.